The Morgan fingerprint density at radius 2 is 1.18 bits per heavy atom. The van der Waals surface area contributed by atoms with Crippen LogP contribution in [0, 0.1) is 6.92 Å². The zero-order chi connectivity index (χ0) is 19.9. The van der Waals surface area contributed by atoms with Gasteiger partial charge in [0.1, 0.15) is 0 Å². The van der Waals surface area contributed by atoms with Crippen molar-refractivity contribution in [3.05, 3.63) is 96.6 Å². The number of rotatable bonds is 0. The van der Waals surface area contributed by atoms with Crippen LogP contribution >= 0.6 is 17.0 Å². The molecule has 3 heteroatoms. The van der Waals surface area contributed by atoms with E-state index in [0.29, 0.717) is 0 Å². The van der Waals surface area contributed by atoms with E-state index in [1.807, 2.05) is 10.6 Å². The maximum Gasteiger partial charge on any atom is -0.0579 e. The third-order valence-electron chi connectivity index (χ3n) is 4.50. The van der Waals surface area contributed by atoms with Crippen molar-refractivity contribution in [1.82, 2.24) is 0 Å². The van der Waals surface area contributed by atoms with Crippen molar-refractivity contribution >= 4 is 53.1 Å². The average molecular weight is 485 g/mol. The number of hydrogen-bond donors (Lipinski definition) is 0. The molecule has 0 aliphatic heterocycles. The van der Waals surface area contributed by atoms with Crippen LogP contribution in [0.4, 0.5) is 0 Å². The van der Waals surface area contributed by atoms with Crippen LogP contribution in [0.1, 0.15) is 12.5 Å². The van der Waals surface area contributed by atoms with E-state index in [1.54, 1.807) is 0 Å². The Morgan fingerprint density at radius 3 is 1.68 bits per heavy atom. The van der Waals surface area contributed by atoms with E-state index < -0.39 is 18.9 Å². The summed E-state index contributed by atoms with van der Waals surface area (Å²) in [7, 11) is 10.7. The Morgan fingerprint density at radius 1 is 0.714 bits per heavy atom. The zero-order valence-corrected chi connectivity index (χ0v) is 20.0. The largest absolute Gasteiger partial charge is 0.165 e. The summed E-state index contributed by atoms with van der Waals surface area (Å²) in [6.07, 6.45) is 0. The van der Waals surface area contributed by atoms with Crippen LogP contribution in [-0.4, -0.2) is 3.71 Å². The standard InChI is InChI=1S/C13H9.C10H9.C2H4.2ClH.Zr/c1-3-7-12-10(5-1)9-11-6-2-4-8-13(11)12;1-8-6-9-4-2-3-5-10(9)7-8;1-2;;;/h1-9H;2-7H,1H3;1H,2H3;2*1H;/q2*-1;;;;+2/p-2. The molecule has 5 aromatic rings. The van der Waals surface area contributed by atoms with Crippen LogP contribution in [0.15, 0.2) is 91.0 Å². The Bertz CT molecular complexity index is 1120. The first-order valence-electron chi connectivity index (χ1n) is 9.21. The van der Waals surface area contributed by atoms with Gasteiger partial charge in [-0.05, 0) is 0 Å². The van der Waals surface area contributed by atoms with Gasteiger partial charge in [0, 0.05) is 0 Å². The second-order valence-corrected chi connectivity index (χ2v) is 15.4. The maximum absolute atomic E-state index is 5.37. The quantitative estimate of drug-likeness (QED) is 0.194. The first kappa shape index (κ1) is 21.2. The molecule has 0 aliphatic carbocycles. The predicted octanol–water partition coefficient (Wildman–Crippen LogP) is 8.31. The molecule has 0 N–H and O–H groups in total. The van der Waals surface area contributed by atoms with Gasteiger partial charge in [0.15, 0.2) is 0 Å². The van der Waals surface area contributed by atoms with E-state index in [4.69, 9.17) is 17.0 Å². The zero-order valence-electron chi connectivity index (χ0n) is 16.0. The van der Waals surface area contributed by atoms with Crippen LogP contribution in [0.25, 0.3) is 32.3 Å². The molecular weight excluding hydrogens is 462 g/mol. The Kier molecular flexibility index (Phi) is 7.80. The van der Waals surface area contributed by atoms with Crippen LogP contribution in [0.3, 0.4) is 0 Å². The molecule has 0 atom stereocenters. The van der Waals surface area contributed by atoms with Gasteiger partial charge in [-0.1, -0.05) is 49.4 Å². The first-order valence-corrected chi connectivity index (χ1v) is 17.0. The van der Waals surface area contributed by atoms with Gasteiger partial charge in [-0.25, -0.2) is 0 Å². The minimum atomic E-state index is -1.76. The van der Waals surface area contributed by atoms with E-state index in [0.717, 1.165) is 0 Å². The van der Waals surface area contributed by atoms with Crippen molar-refractivity contribution in [3.8, 4) is 0 Å². The summed E-state index contributed by atoms with van der Waals surface area (Å²) in [6.45, 7) is 4.02. The summed E-state index contributed by atoms with van der Waals surface area (Å²) in [5.74, 6) is 0. The summed E-state index contributed by atoms with van der Waals surface area (Å²) < 4.78 is 1.89. The summed E-state index contributed by atoms with van der Waals surface area (Å²) in [5.41, 5.74) is 1.35. The van der Waals surface area contributed by atoms with E-state index in [-0.39, 0.29) is 0 Å². The van der Waals surface area contributed by atoms with E-state index >= 15 is 0 Å². The van der Waals surface area contributed by atoms with Crippen LogP contribution in [0.5, 0.6) is 0 Å². The Labute approximate surface area is 181 Å². The molecule has 0 radical (unpaired) electrons. The average Bonchev–Trinajstić information content (AvgIpc) is 3.28. The van der Waals surface area contributed by atoms with Crippen LogP contribution in [0.2, 0.25) is 0 Å². The second-order valence-electron chi connectivity index (χ2n) is 6.56. The van der Waals surface area contributed by atoms with Crippen molar-refractivity contribution in [2.75, 3.05) is 0 Å². The molecule has 0 heterocycles. The van der Waals surface area contributed by atoms with Gasteiger partial charge in [0.05, 0.1) is 0 Å². The number of fused-ring (bicyclic) bond motifs is 4. The first-order chi connectivity index (χ1) is 13.6. The van der Waals surface area contributed by atoms with Crippen molar-refractivity contribution in [2.45, 2.75) is 13.8 Å². The third-order valence-corrected chi connectivity index (χ3v) is 8.16. The molecule has 0 fully saturated rings. The van der Waals surface area contributed by atoms with Gasteiger partial charge in [-0.15, -0.1) is 80.3 Å². The maximum atomic E-state index is 5.37. The van der Waals surface area contributed by atoms with Crippen LogP contribution in [-0.2, 0) is 18.9 Å². The predicted molar refractivity (Wildman–Crippen MR) is 125 cm³/mol. The molecule has 5 rings (SSSR count). The Balaban J connectivity index is 0.000000134. The molecule has 0 aromatic heterocycles. The fraction of sp³-hybridized carbons (Fsp3) is 0.0800. The molecular formula is C25H22Cl2Zr-2. The smallest absolute Gasteiger partial charge is 0.0579 e. The SMILES string of the molecule is C[CH]=[Zr]([Cl])[Cl].Cc1cc2ccccc2[cH-]1.c1ccc2c(c1)[cH-]c1ccccc12. The Hall–Kier alpha value is -1.53. The molecule has 0 saturated heterocycles. The summed E-state index contributed by atoms with van der Waals surface area (Å²) in [4.78, 5) is 0. The summed E-state index contributed by atoms with van der Waals surface area (Å²) >= 11 is -1.76. The van der Waals surface area contributed by atoms with Crippen molar-refractivity contribution < 1.29 is 18.9 Å². The van der Waals surface area contributed by atoms with Crippen molar-refractivity contribution in [3.63, 3.8) is 0 Å². The van der Waals surface area contributed by atoms with Gasteiger partial charge in [-0.3, -0.25) is 0 Å². The molecule has 0 unspecified atom stereocenters. The molecule has 142 valence electrons. The third kappa shape index (κ3) is 5.51. The summed E-state index contributed by atoms with van der Waals surface area (Å²) in [5, 5.41) is 8.09. The summed E-state index contributed by atoms with van der Waals surface area (Å²) in [6, 6.07) is 32.1. The van der Waals surface area contributed by atoms with E-state index in [9.17, 15) is 0 Å². The normalized spacial score (nSPS) is 10.1. The molecule has 0 saturated carbocycles. The van der Waals surface area contributed by atoms with Gasteiger partial charge >= 0.3 is 46.5 Å². The van der Waals surface area contributed by atoms with Gasteiger partial charge in [-0.2, -0.15) is 6.07 Å². The van der Waals surface area contributed by atoms with Gasteiger partial charge in [0.25, 0.3) is 0 Å². The van der Waals surface area contributed by atoms with Gasteiger partial charge in [0.2, 0.25) is 0 Å². The van der Waals surface area contributed by atoms with E-state index in [2.05, 4.69) is 97.9 Å². The monoisotopic (exact) mass is 482 g/mol. The fourth-order valence-corrected chi connectivity index (χ4v) is 3.21. The number of benzene rings is 3. The topological polar surface area (TPSA) is 0 Å². The molecule has 0 nitrogen and oxygen atoms in total. The second kappa shape index (κ2) is 10.3. The molecule has 0 bridgehead atoms. The van der Waals surface area contributed by atoms with E-state index in [1.165, 1.54) is 37.9 Å². The molecule has 0 spiro atoms. The molecule has 0 amide bonds. The number of hydrogen-bond acceptors (Lipinski definition) is 0. The van der Waals surface area contributed by atoms with Crippen molar-refractivity contribution in [1.29, 1.82) is 0 Å². The number of aryl methyl sites for hydroxylation is 1. The fourth-order valence-electron chi connectivity index (χ4n) is 3.21. The molecule has 0 aliphatic rings. The minimum absolute atomic E-state index is 1.34. The van der Waals surface area contributed by atoms with Gasteiger partial charge < -0.3 is 0 Å². The minimum Gasteiger partial charge on any atom is -0.165 e. The molecule has 5 aromatic carbocycles. The van der Waals surface area contributed by atoms with Crippen LogP contribution < -0.4 is 0 Å². The van der Waals surface area contributed by atoms with Crippen molar-refractivity contribution in [2.24, 2.45) is 0 Å². The number of halogens is 2. The molecule has 28 heavy (non-hydrogen) atoms.